The summed E-state index contributed by atoms with van der Waals surface area (Å²) in [6.07, 6.45) is -4.22. The number of alkyl halides is 3. The van der Waals surface area contributed by atoms with Crippen LogP contribution in [0.4, 0.5) is 18.9 Å². The summed E-state index contributed by atoms with van der Waals surface area (Å²) in [7, 11) is 0. The fraction of sp³-hybridized carbons (Fsp3) is 0.455. The van der Waals surface area contributed by atoms with E-state index in [1.807, 2.05) is 0 Å². The van der Waals surface area contributed by atoms with Crippen molar-refractivity contribution in [3.63, 3.8) is 0 Å². The second-order valence-electron chi connectivity index (χ2n) is 4.30. The third-order valence-electron chi connectivity index (χ3n) is 2.39. The monoisotopic (exact) mass is 217 g/mol. The molecule has 0 unspecified atom stereocenters. The smallest absolute Gasteiger partial charge is 0.394 e. The number of halogens is 3. The van der Waals surface area contributed by atoms with Crippen molar-refractivity contribution in [3.8, 4) is 0 Å². The molecule has 0 saturated carbocycles. The van der Waals surface area contributed by atoms with Gasteiger partial charge in [-0.3, -0.25) is 0 Å². The molecular formula is C11H14F3N. The lowest BCUT2D eigenvalue weighted by atomic mass is 9.85. The van der Waals surface area contributed by atoms with Crippen LogP contribution in [0.15, 0.2) is 24.3 Å². The Morgan fingerprint density at radius 2 is 1.53 bits per heavy atom. The number of rotatable bonds is 2. The predicted octanol–water partition coefficient (Wildman–Crippen LogP) is 3.40. The first-order valence-electron chi connectivity index (χ1n) is 4.63. The zero-order valence-corrected chi connectivity index (χ0v) is 8.73. The van der Waals surface area contributed by atoms with E-state index in [1.54, 1.807) is 24.3 Å². The molecule has 0 amide bonds. The lowest BCUT2D eigenvalue weighted by Gasteiger charge is -2.27. The fourth-order valence-corrected chi connectivity index (χ4v) is 1.25. The van der Waals surface area contributed by atoms with Crippen LogP contribution in [0.5, 0.6) is 0 Å². The summed E-state index contributed by atoms with van der Waals surface area (Å²) in [5.41, 5.74) is 4.95. The van der Waals surface area contributed by atoms with Gasteiger partial charge in [-0.25, -0.2) is 0 Å². The summed E-state index contributed by atoms with van der Waals surface area (Å²) >= 11 is 0. The van der Waals surface area contributed by atoms with Crippen molar-refractivity contribution in [1.29, 1.82) is 0 Å². The number of nitrogen functional groups attached to an aromatic ring is 1. The zero-order valence-electron chi connectivity index (χ0n) is 8.73. The number of anilines is 1. The van der Waals surface area contributed by atoms with Crippen LogP contribution in [0.3, 0.4) is 0 Å². The summed E-state index contributed by atoms with van der Waals surface area (Å²) in [4.78, 5) is 0. The van der Waals surface area contributed by atoms with Gasteiger partial charge in [0, 0.05) is 5.69 Å². The highest BCUT2D eigenvalue weighted by atomic mass is 19.4. The topological polar surface area (TPSA) is 26.0 Å². The first kappa shape index (κ1) is 11.9. The highest BCUT2D eigenvalue weighted by Crippen LogP contribution is 2.40. The number of hydrogen-bond acceptors (Lipinski definition) is 1. The highest BCUT2D eigenvalue weighted by molar-refractivity contribution is 5.39. The summed E-state index contributed by atoms with van der Waals surface area (Å²) < 4.78 is 37.7. The van der Waals surface area contributed by atoms with E-state index in [1.165, 1.54) is 13.8 Å². The van der Waals surface area contributed by atoms with Gasteiger partial charge in [0.25, 0.3) is 0 Å². The summed E-state index contributed by atoms with van der Waals surface area (Å²) in [5, 5.41) is 0. The Morgan fingerprint density at radius 1 is 1.07 bits per heavy atom. The molecule has 0 saturated heterocycles. The molecule has 0 aliphatic rings. The molecule has 1 aromatic rings. The predicted molar refractivity (Wildman–Crippen MR) is 54.4 cm³/mol. The molecule has 0 fully saturated rings. The van der Waals surface area contributed by atoms with Crippen LogP contribution in [0.1, 0.15) is 19.4 Å². The van der Waals surface area contributed by atoms with Crippen molar-refractivity contribution in [3.05, 3.63) is 29.8 Å². The van der Waals surface area contributed by atoms with Crippen molar-refractivity contribution in [2.75, 3.05) is 5.73 Å². The van der Waals surface area contributed by atoms with Crippen LogP contribution in [0.25, 0.3) is 0 Å². The van der Waals surface area contributed by atoms with Gasteiger partial charge in [0.1, 0.15) is 0 Å². The van der Waals surface area contributed by atoms with Crippen LogP contribution in [0, 0.1) is 5.41 Å². The van der Waals surface area contributed by atoms with Crippen LogP contribution >= 0.6 is 0 Å². The van der Waals surface area contributed by atoms with Gasteiger partial charge in [-0.05, 0) is 24.1 Å². The van der Waals surface area contributed by atoms with Gasteiger partial charge in [0.05, 0.1) is 5.41 Å². The first-order valence-corrected chi connectivity index (χ1v) is 4.63. The van der Waals surface area contributed by atoms with E-state index in [9.17, 15) is 13.2 Å². The second-order valence-corrected chi connectivity index (χ2v) is 4.30. The molecule has 0 heterocycles. The van der Waals surface area contributed by atoms with E-state index < -0.39 is 11.6 Å². The summed E-state index contributed by atoms with van der Waals surface area (Å²) in [6.45, 7) is 2.40. The van der Waals surface area contributed by atoms with E-state index >= 15 is 0 Å². The minimum Gasteiger partial charge on any atom is -0.399 e. The lowest BCUT2D eigenvalue weighted by molar-refractivity contribution is -0.211. The van der Waals surface area contributed by atoms with Crippen LogP contribution in [-0.4, -0.2) is 6.18 Å². The van der Waals surface area contributed by atoms with Gasteiger partial charge in [0.2, 0.25) is 0 Å². The van der Waals surface area contributed by atoms with Crippen molar-refractivity contribution in [2.24, 2.45) is 5.41 Å². The van der Waals surface area contributed by atoms with E-state index in [4.69, 9.17) is 5.73 Å². The minimum atomic E-state index is -4.19. The Morgan fingerprint density at radius 3 is 1.93 bits per heavy atom. The van der Waals surface area contributed by atoms with Crippen molar-refractivity contribution in [2.45, 2.75) is 26.4 Å². The van der Waals surface area contributed by atoms with Crippen LogP contribution in [-0.2, 0) is 6.42 Å². The molecule has 1 aromatic carbocycles. The number of benzene rings is 1. The molecule has 0 aromatic heterocycles. The molecule has 84 valence electrons. The highest BCUT2D eigenvalue weighted by Gasteiger charge is 2.46. The van der Waals surface area contributed by atoms with E-state index in [0.29, 0.717) is 11.3 Å². The SMILES string of the molecule is CC(C)(Cc1ccc(N)cc1)C(F)(F)F. The molecule has 0 radical (unpaired) electrons. The van der Waals surface area contributed by atoms with Gasteiger partial charge in [-0.1, -0.05) is 26.0 Å². The van der Waals surface area contributed by atoms with Crippen LogP contribution < -0.4 is 5.73 Å². The molecule has 0 aliphatic carbocycles. The molecule has 15 heavy (non-hydrogen) atoms. The van der Waals surface area contributed by atoms with E-state index in [-0.39, 0.29) is 6.42 Å². The molecule has 0 spiro atoms. The lowest BCUT2D eigenvalue weighted by Crippen LogP contribution is -2.34. The van der Waals surface area contributed by atoms with Crippen molar-refractivity contribution in [1.82, 2.24) is 0 Å². The van der Waals surface area contributed by atoms with Gasteiger partial charge >= 0.3 is 6.18 Å². The Hall–Kier alpha value is -1.19. The normalized spacial score (nSPS) is 12.9. The number of nitrogens with two attached hydrogens (primary N) is 1. The third kappa shape index (κ3) is 2.88. The number of hydrogen-bond donors (Lipinski definition) is 1. The summed E-state index contributed by atoms with van der Waals surface area (Å²) in [6, 6.07) is 6.48. The van der Waals surface area contributed by atoms with Gasteiger partial charge in [0.15, 0.2) is 0 Å². The molecule has 4 heteroatoms. The molecule has 1 nitrogen and oxygen atoms in total. The zero-order chi connectivity index (χ0) is 11.7. The Labute approximate surface area is 87.1 Å². The second kappa shape index (κ2) is 3.76. The maximum absolute atomic E-state index is 12.6. The largest absolute Gasteiger partial charge is 0.399 e. The van der Waals surface area contributed by atoms with Crippen molar-refractivity contribution >= 4 is 5.69 Å². The molecule has 0 atom stereocenters. The standard InChI is InChI=1S/C11H14F3N/c1-10(2,11(12,13)14)7-8-3-5-9(15)6-4-8/h3-6H,7,15H2,1-2H3. The average molecular weight is 217 g/mol. The molecule has 0 bridgehead atoms. The van der Waals surface area contributed by atoms with Crippen molar-refractivity contribution < 1.29 is 13.2 Å². The third-order valence-corrected chi connectivity index (χ3v) is 2.39. The molecule has 1 rings (SSSR count). The first-order chi connectivity index (χ1) is 6.72. The average Bonchev–Trinajstić information content (AvgIpc) is 2.06. The Kier molecular flexibility index (Phi) is 2.98. The summed E-state index contributed by atoms with van der Waals surface area (Å²) in [5.74, 6) is 0. The maximum Gasteiger partial charge on any atom is 0.394 e. The minimum absolute atomic E-state index is 0.0310. The van der Waals surface area contributed by atoms with Gasteiger partial charge < -0.3 is 5.73 Å². The maximum atomic E-state index is 12.6. The Bertz CT molecular complexity index is 325. The molecule has 2 N–H and O–H groups in total. The van der Waals surface area contributed by atoms with E-state index in [2.05, 4.69) is 0 Å². The fourth-order valence-electron chi connectivity index (χ4n) is 1.25. The van der Waals surface area contributed by atoms with Gasteiger partial charge in [-0.2, -0.15) is 13.2 Å². The molecule has 0 aliphatic heterocycles. The van der Waals surface area contributed by atoms with Crippen LogP contribution in [0.2, 0.25) is 0 Å². The Balaban J connectivity index is 2.82. The quantitative estimate of drug-likeness (QED) is 0.755. The molecular weight excluding hydrogens is 203 g/mol. The van der Waals surface area contributed by atoms with E-state index in [0.717, 1.165) is 0 Å². The van der Waals surface area contributed by atoms with Gasteiger partial charge in [-0.15, -0.1) is 0 Å².